The van der Waals surface area contributed by atoms with Gasteiger partial charge in [0.1, 0.15) is 5.75 Å². The molecule has 2 N–H and O–H groups in total. The second-order valence-electron chi connectivity index (χ2n) is 5.42. The maximum absolute atomic E-state index is 9.87. The van der Waals surface area contributed by atoms with Gasteiger partial charge in [0, 0.05) is 37.4 Å². The molecule has 1 fully saturated rings. The van der Waals surface area contributed by atoms with Crippen LogP contribution >= 0.6 is 0 Å². The number of rotatable bonds is 4. The van der Waals surface area contributed by atoms with Crippen molar-refractivity contribution in [3.05, 3.63) is 66.7 Å². The van der Waals surface area contributed by atoms with Gasteiger partial charge in [0.05, 0.1) is 5.70 Å². The highest BCUT2D eigenvalue weighted by atomic mass is 16.3. The Morgan fingerprint density at radius 1 is 0.909 bits per heavy atom. The number of hydrogen-bond donors (Lipinski definition) is 2. The number of hydrogen-bond acceptors (Lipinski definition) is 4. The van der Waals surface area contributed by atoms with Gasteiger partial charge in [0.25, 0.3) is 0 Å². The summed E-state index contributed by atoms with van der Waals surface area (Å²) in [5, 5.41) is 12.0. The first-order chi connectivity index (χ1) is 10.7. The Bertz CT molecular complexity index is 634. The molecule has 3 rings (SSSR count). The summed E-state index contributed by atoms with van der Waals surface area (Å²) >= 11 is 0. The minimum atomic E-state index is 0.253. The molecule has 1 saturated heterocycles. The number of nitrogens with zero attached hydrogens (tertiary/aromatic N) is 2. The Labute approximate surface area is 131 Å². The number of benzene rings is 2. The molecule has 4 nitrogen and oxygen atoms in total. The molecule has 0 aromatic heterocycles. The lowest BCUT2D eigenvalue weighted by Gasteiger charge is -2.37. The van der Waals surface area contributed by atoms with Crippen molar-refractivity contribution in [3.63, 3.8) is 0 Å². The Hall–Kier alpha value is -2.46. The molecule has 0 amide bonds. The largest absolute Gasteiger partial charge is 0.507 e. The predicted octanol–water partition coefficient (Wildman–Crippen LogP) is 2.69. The topological polar surface area (TPSA) is 38.7 Å². The zero-order chi connectivity index (χ0) is 15.4. The van der Waals surface area contributed by atoms with E-state index in [9.17, 15) is 5.11 Å². The maximum Gasteiger partial charge on any atom is 0.124 e. The summed E-state index contributed by atoms with van der Waals surface area (Å²) in [5.41, 5.74) is 6.04. The minimum Gasteiger partial charge on any atom is -0.507 e. The van der Waals surface area contributed by atoms with Crippen LogP contribution < -0.4 is 10.3 Å². The molecule has 0 atom stereocenters. The van der Waals surface area contributed by atoms with Crippen molar-refractivity contribution >= 4 is 11.4 Å². The fourth-order valence-electron chi connectivity index (χ4n) is 2.70. The lowest BCUT2D eigenvalue weighted by atomic mass is 10.1. The third-order valence-electron chi connectivity index (χ3n) is 3.92. The lowest BCUT2D eigenvalue weighted by Crippen LogP contribution is -2.51. The SMILES string of the molecule is C=C(NN1CCN(c2ccccc2)CC1)c1ccccc1O. The second-order valence-corrected chi connectivity index (χ2v) is 5.42. The van der Waals surface area contributed by atoms with Gasteiger partial charge < -0.3 is 15.4 Å². The molecule has 1 aliphatic heterocycles. The number of hydrazine groups is 1. The quantitative estimate of drug-likeness (QED) is 0.909. The average molecular weight is 295 g/mol. The molecule has 0 radical (unpaired) electrons. The van der Waals surface area contributed by atoms with E-state index in [1.807, 2.05) is 24.3 Å². The van der Waals surface area contributed by atoms with Crippen LogP contribution in [-0.2, 0) is 0 Å². The first-order valence-corrected chi connectivity index (χ1v) is 7.53. The molecule has 2 aromatic rings. The molecule has 0 unspecified atom stereocenters. The summed E-state index contributed by atoms with van der Waals surface area (Å²) in [7, 11) is 0. The Kier molecular flexibility index (Phi) is 4.30. The van der Waals surface area contributed by atoms with E-state index in [4.69, 9.17) is 0 Å². The van der Waals surface area contributed by atoms with Gasteiger partial charge in [-0.3, -0.25) is 0 Å². The molecule has 0 aliphatic carbocycles. The van der Waals surface area contributed by atoms with Gasteiger partial charge in [-0.2, -0.15) is 0 Å². The first-order valence-electron chi connectivity index (χ1n) is 7.53. The van der Waals surface area contributed by atoms with Crippen LogP contribution in [0.15, 0.2) is 61.2 Å². The van der Waals surface area contributed by atoms with Crippen LogP contribution in [0.3, 0.4) is 0 Å². The molecule has 0 saturated carbocycles. The molecule has 114 valence electrons. The highest BCUT2D eigenvalue weighted by Crippen LogP contribution is 2.22. The van der Waals surface area contributed by atoms with E-state index in [1.165, 1.54) is 5.69 Å². The van der Waals surface area contributed by atoms with Gasteiger partial charge in [-0.1, -0.05) is 36.9 Å². The molecule has 1 aliphatic rings. The summed E-state index contributed by atoms with van der Waals surface area (Å²) in [5.74, 6) is 0.253. The van der Waals surface area contributed by atoms with E-state index >= 15 is 0 Å². The number of piperazine rings is 1. The van der Waals surface area contributed by atoms with E-state index in [0.717, 1.165) is 37.4 Å². The molecule has 0 spiro atoms. The van der Waals surface area contributed by atoms with Gasteiger partial charge in [-0.05, 0) is 24.3 Å². The van der Waals surface area contributed by atoms with Crippen LogP contribution in [0.5, 0.6) is 5.75 Å². The number of para-hydroxylation sites is 2. The number of aromatic hydroxyl groups is 1. The van der Waals surface area contributed by atoms with E-state index in [0.29, 0.717) is 0 Å². The van der Waals surface area contributed by atoms with Crippen molar-refractivity contribution in [3.8, 4) is 5.75 Å². The Morgan fingerprint density at radius 2 is 1.55 bits per heavy atom. The van der Waals surface area contributed by atoms with Gasteiger partial charge in [0.15, 0.2) is 0 Å². The van der Waals surface area contributed by atoms with Crippen LogP contribution in [0.2, 0.25) is 0 Å². The van der Waals surface area contributed by atoms with Crippen molar-refractivity contribution in [2.75, 3.05) is 31.1 Å². The Balaban J connectivity index is 1.56. The summed E-state index contributed by atoms with van der Waals surface area (Å²) in [4.78, 5) is 2.38. The number of nitrogens with one attached hydrogen (secondary N) is 1. The highest BCUT2D eigenvalue weighted by Gasteiger charge is 2.18. The van der Waals surface area contributed by atoms with Gasteiger partial charge in [0.2, 0.25) is 0 Å². The van der Waals surface area contributed by atoms with Crippen molar-refractivity contribution in [2.24, 2.45) is 0 Å². The summed E-state index contributed by atoms with van der Waals surface area (Å²) < 4.78 is 0. The second kappa shape index (κ2) is 6.54. The van der Waals surface area contributed by atoms with Crippen molar-refractivity contribution in [1.29, 1.82) is 0 Å². The third-order valence-corrected chi connectivity index (χ3v) is 3.92. The van der Waals surface area contributed by atoms with E-state index < -0.39 is 0 Å². The highest BCUT2D eigenvalue weighted by molar-refractivity contribution is 5.66. The van der Waals surface area contributed by atoms with E-state index in [-0.39, 0.29) is 5.75 Å². The van der Waals surface area contributed by atoms with E-state index in [1.54, 1.807) is 6.07 Å². The monoisotopic (exact) mass is 295 g/mol. The standard InChI is InChI=1S/C18H21N3O/c1-15(17-9-5-6-10-18(17)22)19-21-13-11-20(12-14-21)16-7-3-2-4-8-16/h2-10,19,22H,1,11-14H2. The zero-order valence-electron chi connectivity index (χ0n) is 12.6. The molecule has 2 aromatic carbocycles. The van der Waals surface area contributed by atoms with Gasteiger partial charge in [-0.15, -0.1) is 0 Å². The lowest BCUT2D eigenvalue weighted by molar-refractivity contribution is 0.215. The van der Waals surface area contributed by atoms with Crippen molar-refractivity contribution in [2.45, 2.75) is 0 Å². The van der Waals surface area contributed by atoms with Crippen molar-refractivity contribution < 1.29 is 5.11 Å². The van der Waals surface area contributed by atoms with Crippen LogP contribution in [0.4, 0.5) is 5.69 Å². The molecular formula is C18H21N3O. The fraction of sp³-hybridized carbons (Fsp3) is 0.222. The van der Waals surface area contributed by atoms with Gasteiger partial charge >= 0.3 is 0 Å². The maximum atomic E-state index is 9.87. The molecule has 1 heterocycles. The normalized spacial score (nSPS) is 15.5. The number of phenols is 1. The zero-order valence-corrected chi connectivity index (χ0v) is 12.6. The van der Waals surface area contributed by atoms with Crippen LogP contribution in [0.25, 0.3) is 5.70 Å². The van der Waals surface area contributed by atoms with E-state index in [2.05, 4.69) is 46.2 Å². The predicted molar refractivity (Wildman–Crippen MR) is 90.5 cm³/mol. The Morgan fingerprint density at radius 3 is 2.23 bits per heavy atom. The fourth-order valence-corrected chi connectivity index (χ4v) is 2.70. The molecule has 22 heavy (non-hydrogen) atoms. The third kappa shape index (κ3) is 3.23. The molecular weight excluding hydrogens is 274 g/mol. The summed E-state index contributed by atoms with van der Waals surface area (Å²) in [6.07, 6.45) is 0. The minimum absolute atomic E-state index is 0.253. The molecule has 4 heteroatoms. The first kappa shape index (κ1) is 14.5. The van der Waals surface area contributed by atoms with Crippen LogP contribution in [0.1, 0.15) is 5.56 Å². The summed E-state index contributed by atoms with van der Waals surface area (Å²) in [6.45, 7) is 7.77. The number of phenolic OH excluding ortho intramolecular Hbond substituents is 1. The van der Waals surface area contributed by atoms with Gasteiger partial charge in [-0.25, -0.2) is 5.01 Å². The van der Waals surface area contributed by atoms with Crippen LogP contribution in [-0.4, -0.2) is 36.3 Å². The average Bonchev–Trinajstić information content (AvgIpc) is 2.57. The number of anilines is 1. The van der Waals surface area contributed by atoms with Crippen molar-refractivity contribution in [1.82, 2.24) is 10.4 Å². The summed E-state index contributed by atoms with van der Waals surface area (Å²) in [6, 6.07) is 17.7. The van der Waals surface area contributed by atoms with Crippen LogP contribution in [0, 0.1) is 0 Å². The smallest absolute Gasteiger partial charge is 0.124 e. The molecule has 0 bridgehead atoms.